The van der Waals surface area contributed by atoms with E-state index in [1.807, 2.05) is 20.9 Å². The lowest BCUT2D eigenvalue weighted by Crippen LogP contribution is -2.44. The Morgan fingerprint density at radius 1 is 1.58 bits per heavy atom. The van der Waals surface area contributed by atoms with Crippen LogP contribution in [0.15, 0.2) is 0 Å². The van der Waals surface area contributed by atoms with Gasteiger partial charge in [-0.1, -0.05) is 0 Å². The molecule has 1 N–H and O–H groups in total. The van der Waals surface area contributed by atoms with Crippen LogP contribution in [0.5, 0.6) is 0 Å². The van der Waals surface area contributed by atoms with Crippen molar-refractivity contribution in [2.75, 3.05) is 11.4 Å². The van der Waals surface area contributed by atoms with E-state index in [2.05, 4.69) is 16.1 Å². The monoisotopic (exact) mass is 262 g/mol. The summed E-state index contributed by atoms with van der Waals surface area (Å²) in [7, 11) is 1.82. The number of hydrogen-bond acceptors (Lipinski definition) is 4. The Labute approximate surface area is 112 Å². The first kappa shape index (κ1) is 13.4. The zero-order valence-electron chi connectivity index (χ0n) is 11.4. The highest BCUT2D eigenvalue weighted by Crippen LogP contribution is 2.31. The molecule has 1 fully saturated rings. The van der Waals surface area contributed by atoms with E-state index in [1.54, 1.807) is 4.68 Å². The van der Waals surface area contributed by atoms with E-state index in [1.165, 1.54) is 0 Å². The Morgan fingerprint density at radius 2 is 2.26 bits per heavy atom. The molecule has 6 heteroatoms. The molecule has 2 unspecified atom stereocenters. The number of nitriles is 1. The number of carboxylic acids is 1. The van der Waals surface area contributed by atoms with Gasteiger partial charge in [0.1, 0.15) is 17.5 Å². The summed E-state index contributed by atoms with van der Waals surface area (Å²) in [5.74, 6) is -0.212. The number of nitrogens with zero attached hydrogens (tertiary/aromatic N) is 4. The average Bonchev–Trinajstić information content (AvgIpc) is 2.63. The number of carbonyl (C=O) groups is 1. The quantitative estimate of drug-likeness (QED) is 0.868. The summed E-state index contributed by atoms with van der Waals surface area (Å²) in [6.07, 6.45) is 1.21. The summed E-state index contributed by atoms with van der Waals surface area (Å²) < 4.78 is 1.71. The molecule has 0 bridgehead atoms. The molecule has 2 rings (SSSR count). The highest BCUT2D eigenvalue weighted by atomic mass is 16.4. The Morgan fingerprint density at radius 3 is 2.79 bits per heavy atom. The van der Waals surface area contributed by atoms with E-state index < -0.39 is 5.97 Å². The molecule has 6 nitrogen and oxygen atoms in total. The van der Waals surface area contributed by atoms with Crippen LogP contribution in [-0.2, 0) is 11.8 Å². The summed E-state index contributed by atoms with van der Waals surface area (Å²) in [5.41, 5.74) is 1.30. The third-order valence-corrected chi connectivity index (χ3v) is 3.80. The van der Waals surface area contributed by atoms with E-state index in [4.69, 9.17) is 5.11 Å². The second kappa shape index (κ2) is 4.92. The first-order chi connectivity index (χ1) is 8.95. The van der Waals surface area contributed by atoms with E-state index >= 15 is 0 Å². The topological polar surface area (TPSA) is 82.2 Å². The largest absolute Gasteiger partial charge is 0.481 e. The molecule has 0 saturated carbocycles. The summed E-state index contributed by atoms with van der Waals surface area (Å²) in [6.45, 7) is 4.46. The molecule has 1 saturated heterocycles. The number of aryl methyl sites for hydroxylation is 2. The maximum atomic E-state index is 11.0. The molecule has 2 atom stereocenters. The highest BCUT2D eigenvalue weighted by Gasteiger charge is 2.32. The first-order valence-corrected chi connectivity index (χ1v) is 6.38. The zero-order valence-corrected chi connectivity index (χ0v) is 11.4. The molecule has 1 aromatic heterocycles. The fraction of sp³-hybridized carbons (Fsp3) is 0.615. The van der Waals surface area contributed by atoms with E-state index in [9.17, 15) is 10.1 Å². The molecule has 1 aliphatic heterocycles. The van der Waals surface area contributed by atoms with Gasteiger partial charge in [-0.2, -0.15) is 10.4 Å². The minimum Gasteiger partial charge on any atom is -0.481 e. The van der Waals surface area contributed by atoms with Crippen molar-refractivity contribution in [2.45, 2.75) is 32.7 Å². The van der Waals surface area contributed by atoms with E-state index in [0.717, 1.165) is 5.82 Å². The van der Waals surface area contributed by atoms with Crippen molar-refractivity contribution in [1.29, 1.82) is 5.26 Å². The number of carboxylic acid groups (broad SMARTS) is 1. The summed E-state index contributed by atoms with van der Waals surface area (Å²) in [5, 5.41) is 22.6. The van der Waals surface area contributed by atoms with E-state index in [0.29, 0.717) is 30.6 Å². The molecular weight excluding hydrogens is 244 g/mol. The van der Waals surface area contributed by atoms with Gasteiger partial charge in [0.15, 0.2) is 0 Å². The van der Waals surface area contributed by atoms with Crippen molar-refractivity contribution in [3.63, 3.8) is 0 Å². The third kappa shape index (κ3) is 2.28. The predicted octanol–water partition coefficient (Wildman–Crippen LogP) is 1.29. The van der Waals surface area contributed by atoms with Gasteiger partial charge < -0.3 is 10.0 Å². The van der Waals surface area contributed by atoms with Gasteiger partial charge in [0, 0.05) is 19.6 Å². The summed E-state index contributed by atoms with van der Waals surface area (Å²) >= 11 is 0. The van der Waals surface area contributed by atoms with Gasteiger partial charge >= 0.3 is 5.97 Å². The molecule has 0 aliphatic carbocycles. The molecule has 0 aromatic carbocycles. The van der Waals surface area contributed by atoms with Gasteiger partial charge in [0.25, 0.3) is 0 Å². The summed E-state index contributed by atoms with van der Waals surface area (Å²) in [4.78, 5) is 13.1. The molecular formula is C13H18N4O2. The maximum Gasteiger partial charge on any atom is 0.306 e. The average molecular weight is 262 g/mol. The van der Waals surface area contributed by atoms with Crippen molar-refractivity contribution in [2.24, 2.45) is 13.0 Å². The van der Waals surface area contributed by atoms with Gasteiger partial charge in [-0.15, -0.1) is 0 Å². The molecule has 1 aromatic rings. The lowest BCUT2D eigenvalue weighted by Gasteiger charge is -2.37. The number of aromatic nitrogens is 2. The molecule has 102 valence electrons. The molecule has 19 heavy (non-hydrogen) atoms. The number of rotatable bonds is 2. The minimum atomic E-state index is -0.729. The second-order valence-electron chi connectivity index (χ2n) is 5.12. The predicted molar refractivity (Wildman–Crippen MR) is 69.8 cm³/mol. The Hall–Kier alpha value is -2.03. The van der Waals surface area contributed by atoms with Crippen LogP contribution < -0.4 is 4.90 Å². The molecule has 1 aliphatic rings. The van der Waals surface area contributed by atoms with Crippen LogP contribution in [0.2, 0.25) is 0 Å². The Bertz CT molecular complexity index is 544. The highest BCUT2D eigenvalue weighted by molar-refractivity contribution is 5.70. The van der Waals surface area contributed by atoms with Crippen LogP contribution in [0.3, 0.4) is 0 Å². The van der Waals surface area contributed by atoms with Crippen molar-refractivity contribution in [3.05, 3.63) is 11.3 Å². The van der Waals surface area contributed by atoms with Crippen LogP contribution in [0, 0.1) is 24.2 Å². The number of hydrogen-bond donors (Lipinski definition) is 1. The summed E-state index contributed by atoms with van der Waals surface area (Å²) in [6, 6.07) is 2.29. The number of piperidine rings is 1. The van der Waals surface area contributed by atoms with Crippen LogP contribution in [0.4, 0.5) is 5.82 Å². The van der Waals surface area contributed by atoms with Gasteiger partial charge in [-0.05, 0) is 26.7 Å². The normalized spacial score (nSPS) is 23.2. The molecule has 2 heterocycles. The van der Waals surface area contributed by atoms with Crippen molar-refractivity contribution in [3.8, 4) is 6.07 Å². The van der Waals surface area contributed by atoms with Gasteiger partial charge in [0.05, 0.1) is 11.6 Å². The third-order valence-electron chi connectivity index (χ3n) is 3.80. The Kier molecular flexibility index (Phi) is 3.47. The van der Waals surface area contributed by atoms with Gasteiger partial charge in [0.2, 0.25) is 0 Å². The van der Waals surface area contributed by atoms with Crippen LogP contribution >= 0.6 is 0 Å². The van der Waals surface area contributed by atoms with Crippen LogP contribution in [-0.4, -0.2) is 33.4 Å². The van der Waals surface area contributed by atoms with Crippen molar-refractivity contribution in [1.82, 2.24) is 9.78 Å². The fourth-order valence-corrected chi connectivity index (χ4v) is 2.82. The molecule has 0 spiro atoms. The lowest BCUT2D eigenvalue weighted by atomic mass is 9.91. The van der Waals surface area contributed by atoms with Gasteiger partial charge in [-0.3, -0.25) is 9.48 Å². The van der Waals surface area contributed by atoms with Crippen molar-refractivity contribution >= 4 is 11.8 Å². The minimum absolute atomic E-state index is 0.0942. The Balaban J connectivity index is 2.30. The maximum absolute atomic E-state index is 11.0. The number of anilines is 1. The van der Waals surface area contributed by atoms with Gasteiger partial charge in [-0.25, -0.2) is 0 Å². The lowest BCUT2D eigenvalue weighted by molar-refractivity contribution is -0.142. The SMILES string of the molecule is Cc1nn(C)c(N2CCC(C(=O)O)CC2C)c1C#N. The number of aliphatic carboxylic acids is 1. The van der Waals surface area contributed by atoms with E-state index in [-0.39, 0.29) is 12.0 Å². The first-order valence-electron chi connectivity index (χ1n) is 6.38. The molecule has 0 amide bonds. The smallest absolute Gasteiger partial charge is 0.306 e. The fourth-order valence-electron chi connectivity index (χ4n) is 2.82. The van der Waals surface area contributed by atoms with Crippen molar-refractivity contribution < 1.29 is 9.90 Å². The van der Waals surface area contributed by atoms with Crippen LogP contribution in [0.1, 0.15) is 31.0 Å². The second-order valence-corrected chi connectivity index (χ2v) is 5.12. The van der Waals surface area contributed by atoms with Crippen LogP contribution in [0.25, 0.3) is 0 Å². The standard InChI is InChI=1S/C13H18N4O2/c1-8-6-10(13(18)19)4-5-17(8)12-11(7-14)9(2)15-16(12)3/h8,10H,4-6H2,1-3H3,(H,18,19). The molecule has 0 radical (unpaired) electrons. The zero-order chi connectivity index (χ0) is 14.2.